The molecule has 6 heteroatoms. The number of hydrogen-bond acceptors (Lipinski definition) is 4. The number of thiazole rings is 1. The van der Waals surface area contributed by atoms with Gasteiger partial charge in [-0.05, 0) is 57.2 Å². The Morgan fingerprint density at radius 2 is 2.12 bits per heavy atom. The van der Waals surface area contributed by atoms with Crippen LogP contribution in [0.25, 0.3) is 0 Å². The Labute approximate surface area is 125 Å². The molecular weight excluding hydrogens is 384 g/mol. The molecule has 1 unspecified atom stereocenters. The Kier molecular flexibility index (Phi) is 3.42. The van der Waals surface area contributed by atoms with Crippen LogP contribution in [-0.2, 0) is 12.8 Å². The fraction of sp³-hybridized carbons (Fsp3) is 0.364. The summed E-state index contributed by atoms with van der Waals surface area (Å²) in [6.45, 7) is 0. The van der Waals surface area contributed by atoms with Crippen molar-refractivity contribution in [3.8, 4) is 0 Å². The van der Waals surface area contributed by atoms with Crippen molar-refractivity contribution in [3.63, 3.8) is 0 Å². The lowest BCUT2D eigenvalue weighted by molar-refractivity contribution is 0.846. The minimum atomic E-state index is -0.0850. The first-order valence-electron chi connectivity index (χ1n) is 5.34. The molecule has 2 aromatic rings. The standard InChI is InChI=1S/C11H10Br2N2S2/c12-5-4-8(16-10(5)13)9(14)11-15-6-2-1-3-7(6)17-11/h4,9H,1-3,14H2. The monoisotopic (exact) mass is 392 g/mol. The molecule has 0 spiro atoms. The Morgan fingerprint density at radius 3 is 2.76 bits per heavy atom. The van der Waals surface area contributed by atoms with Crippen LogP contribution in [0.3, 0.4) is 0 Å². The van der Waals surface area contributed by atoms with Gasteiger partial charge < -0.3 is 5.73 Å². The molecule has 1 atom stereocenters. The molecule has 0 saturated carbocycles. The highest BCUT2D eigenvalue weighted by molar-refractivity contribution is 9.13. The summed E-state index contributed by atoms with van der Waals surface area (Å²) >= 11 is 10.4. The van der Waals surface area contributed by atoms with Crippen LogP contribution in [0.2, 0.25) is 0 Å². The van der Waals surface area contributed by atoms with E-state index in [4.69, 9.17) is 5.73 Å². The molecule has 1 aliphatic rings. The zero-order valence-electron chi connectivity index (χ0n) is 8.87. The predicted octanol–water partition coefficient (Wildman–Crippen LogP) is 4.27. The molecule has 17 heavy (non-hydrogen) atoms. The van der Waals surface area contributed by atoms with Gasteiger partial charge in [0.1, 0.15) is 5.01 Å². The second kappa shape index (κ2) is 4.74. The molecule has 0 radical (unpaired) electrons. The predicted molar refractivity (Wildman–Crippen MR) is 79.9 cm³/mol. The average Bonchev–Trinajstić information content (AvgIpc) is 2.92. The minimum Gasteiger partial charge on any atom is -0.318 e. The third kappa shape index (κ3) is 2.26. The van der Waals surface area contributed by atoms with E-state index in [2.05, 4.69) is 42.9 Å². The van der Waals surface area contributed by atoms with Crippen molar-refractivity contribution in [3.05, 3.63) is 34.8 Å². The summed E-state index contributed by atoms with van der Waals surface area (Å²) in [5.41, 5.74) is 7.55. The highest BCUT2D eigenvalue weighted by Gasteiger charge is 2.22. The molecular formula is C11H10Br2N2S2. The van der Waals surface area contributed by atoms with E-state index in [9.17, 15) is 0 Å². The first-order valence-corrected chi connectivity index (χ1v) is 8.56. The van der Waals surface area contributed by atoms with E-state index in [0.717, 1.165) is 24.6 Å². The zero-order chi connectivity index (χ0) is 12.0. The van der Waals surface area contributed by atoms with Crippen LogP contribution in [-0.4, -0.2) is 4.98 Å². The molecule has 0 aromatic carbocycles. The molecule has 0 saturated heterocycles. The number of halogens is 2. The Morgan fingerprint density at radius 1 is 1.29 bits per heavy atom. The number of thiophene rings is 1. The molecule has 3 rings (SSSR count). The maximum absolute atomic E-state index is 6.28. The van der Waals surface area contributed by atoms with E-state index >= 15 is 0 Å². The van der Waals surface area contributed by atoms with Crippen molar-refractivity contribution in [1.82, 2.24) is 4.98 Å². The number of aromatic nitrogens is 1. The van der Waals surface area contributed by atoms with Crippen LogP contribution in [0.1, 0.15) is 32.9 Å². The van der Waals surface area contributed by atoms with E-state index in [0.29, 0.717) is 0 Å². The number of aryl methyl sites for hydroxylation is 2. The quantitative estimate of drug-likeness (QED) is 0.827. The second-order valence-electron chi connectivity index (χ2n) is 4.02. The Balaban J connectivity index is 1.92. The second-order valence-corrected chi connectivity index (χ2v) is 8.39. The molecule has 1 aliphatic carbocycles. The molecule has 90 valence electrons. The molecule has 2 N–H and O–H groups in total. The van der Waals surface area contributed by atoms with Crippen molar-refractivity contribution >= 4 is 54.5 Å². The summed E-state index contributed by atoms with van der Waals surface area (Å²) in [5, 5.41) is 1.05. The van der Waals surface area contributed by atoms with Crippen molar-refractivity contribution in [2.45, 2.75) is 25.3 Å². The number of nitrogens with two attached hydrogens (primary N) is 1. The Hall–Kier alpha value is 0.250. The Bertz CT molecular complexity index is 521. The zero-order valence-corrected chi connectivity index (χ0v) is 13.7. The van der Waals surface area contributed by atoms with E-state index in [1.54, 1.807) is 22.7 Å². The molecule has 2 aromatic heterocycles. The van der Waals surface area contributed by atoms with E-state index in [-0.39, 0.29) is 6.04 Å². The topological polar surface area (TPSA) is 38.9 Å². The third-order valence-corrected chi connectivity index (χ3v) is 7.43. The number of fused-ring (bicyclic) bond motifs is 1. The van der Waals surface area contributed by atoms with Gasteiger partial charge in [0.05, 0.1) is 15.5 Å². The molecule has 0 aliphatic heterocycles. The van der Waals surface area contributed by atoms with E-state index in [1.807, 2.05) is 0 Å². The van der Waals surface area contributed by atoms with Crippen molar-refractivity contribution in [2.75, 3.05) is 0 Å². The number of rotatable bonds is 2. The van der Waals surface area contributed by atoms with Gasteiger partial charge in [0.25, 0.3) is 0 Å². The third-order valence-electron chi connectivity index (χ3n) is 2.85. The lowest BCUT2D eigenvalue weighted by Gasteiger charge is -2.04. The van der Waals surface area contributed by atoms with Crippen LogP contribution >= 0.6 is 54.5 Å². The number of nitrogens with zero attached hydrogens (tertiary/aromatic N) is 1. The molecule has 0 amide bonds. The first kappa shape index (κ1) is 12.3. The summed E-state index contributed by atoms with van der Waals surface area (Å²) in [4.78, 5) is 7.26. The van der Waals surface area contributed by atoms with Crippen LogP contribution in [0.4, 0.5) is 0 Å². The van der Waals surface area contributed by atoms with Gasteiger partial charge in [-0.25, -0.2) is 4.98 Å². The summed E-state index contributed by atoms with van der Waals surface area (Å²) < 4.78 is 2.16. The van der Waals surface area contributed by atoms with E-state index < -0.39 is 0 Å². The van der Waals surface area contributed by atoms with Gasteiger partial charge in [-0.3, -0.25) is 0 Å². The van der Waals surface area contributed by atoms with Gasteiger partial charge >= 0.3 is 0 Å². The highest BCUT2D eigenvalue weighted by Crippen LogP contribution is 2.39. The summed E-state index contributed by atoms with van der Waals surface area (Å²) in [5.74, 6) is 0. The molecule has 0 bridgehead atoms. The van der Waals surface area contributed by atoms with Crippen molar-refractivity contribution in [2.24, 2.45) is 5.73 Å². The maximum atomic E-state index is 6.28. The van der Waals surface area contributed by atoms with Gasteiger partial charge in [-0.15, -0.1) is 22.7 Å². The fourth-order valence-corrected chi connectivity index (χ4v) is 5.33. The van der Waals surface area contributed by atoms with Gasteiger partial charge in [0.2, 0.25) is 0 Å². The smallest absolute Gasteiger partial charge is 0.115 e. The van der Waals surface area contributed by atoms with Gasteiger partial charge in [-0.1, -0.05) is 0 Å². The largest absolute Gasteiger partial charge is 0.318 e. The SMILES string of the molecule is NC(c1cc(Br)c(Br)s1)c1nc2c(s1)CCC2. The normalized spacial score (nSPS) is 16.2. The fourth-order valence-electron chi connectivity index (χ4n) is 1.98. The molecule has 2 heterocycles. The van der Waals surface area contributed by atoms with Gasteiger partial charge in [0.15, 0.2) is 0 Å². The van der Waals surface area contributed by atoms with E-state index in [1.165, 1.54) is 23.4 Å². The summed E-state index contributed by atoms with van der Waals surface area (Å²) in [7, 11) is 0. The van der Waals surface area contributed by atoms with Crippen LogP contribution in [0.5, 0.6) is 0 Å². The lowest BCUT2D eigenvalue weighted by Crippen LogP contribution is -2.09. The molecule has 0 fully saturated rings. The van der Waals surface area contributed by atoms with Crippen LogP contribution in [0, 0.1) is 0 Å². The summed E-state index contributed by atoms with van der Waals surface area (Å²) in [6.07, 6.45) is 3.55. The van der Waals surface area contributed by atoms with Gasteiger partial charge in [0, 0.05) is 14.2 Å². The maximum Gasteiger partial charge on any atom is 0.115 e. The summed E-state index contributed by atoms with van der Waals surface area (Å²) in [6, 6.07) is 1.99. The lowest BCUT2D eigenvalue weighted by atomic mass is 10.2. The number of hydrogen-bond donors (Lipinski definition) is 1. The first-order chi connectivity index (χ1) is 8.15. The van der Waals surface area contributed by atoms with Gasteiger partial charge in [-0.2, -0.15) is 0 Å². The van der Waals surface area contributed by atoms with Crippen LogP contribution < -0.4 is 5.73 Å². The van der Waals surface area contributed by atoms with Crippen molar-refractivity contribution < 1.29 is 0 Å². The highest BCUT2D eigenvalue weighted by atomic mass is 79.9. The molecule has 2 nitrogen and oxygen atoms in total. The average molecular weight is 394 g/mol. The van der Waals surface area contributed by atoms with Crippen LogP contribution in [0.15, 0.2) is 14.3 Å². The van der Waals surface area contributed by atoms with Crippen molar-refractivity contribution in [1.29, 1.82) is 0 Å². The minimum absolute atomic E-state index is 0.0850.